The minimum absolute atomic E-state index is 0.0981. The summed E-state index contributed by atoms with van der Waals surface area (Å²) < 4.78 is 0. The molecular formula is C13H22O2. The average Bonchev–Trinajstić information content (AvgIpc) is 2.38. The van der Waals surface area contributed by atoms with Crippen molar-refractivity contribution in [3.63, 3.8) is 0 Å². The van der Waals surface area contributed by atoms with Gasteiger partial charge >= 0.3 is 0 Å². The van der Waals surface area contributed by atoms with Crippen LogP contribution in [0.3, 0.4) is 0 Å². The van der Waals surface area contributed by atoms with Crippen molar-refractivity contribution in [2.24, 2.45) is 10.8 Å². The van der Waals surface area contributed by atoms with E-state index in [9.17, 15) is 9.59 Å². The van der Waals surface area contributed by atoms with Gasteiger partial charge in [-0.25, -0.2) is 0 Å². The van der Waals surface area contributed by atoms with Crippen LogP contribution in [-0.2, 0) is 9.59 Å². The zero-order valence-corrected chi connectivity index (χ0v) is 10.4. The summed E-state index contributed by atoms with van der Waals surface area (Å²) in [6.07, 6.45) is 4.07. The molecule has 0 spiro atoms. The molecule has 0 radical (unpaired) electrons. The van der Waals surface area contributed by atoms with E-state index in [-0.39, 0.29) is 22.4 Å². The van der Waals surface area contributed by atoms with Crippen LogP contribution in [0.2, 0.25) is 0 Å². The fourth-order valence-electron chi connectivity index (χ4n) is 2.58. The molecule has 0 amide bonds. The number of carbonyl (C=O) groups is 2. The molecule has 1 fully saturated rings. The van der Waals surface area contributed by atoms with Crippen molar-refractivity contribution in [1.29, 1.82) is 0 Å². The van der Waals surface area contributed by atoms with Crippen molar-refractivity contribution in [2.75, 3.05) is 0 Å². The highest BCUT2D eigenvalue weighted by Crippen LogP contribution is 2.53. The summed E-state index contributed by atoms with van der Waals surface area (Å²) in [5, 5.41) is 0. The van der Waals surface area contributed by atoms with Gasteiger partial charge in [0.2, 0.25) is 0 Å². The lowest BCUT2D eigenvalue weighted by atomic mass is 9.66. The molecule has 86 valence electrons. The molecule has 1 rings (SSSR count). The number of rotatable bonds is 4. The molecule has 1 unspecified atom stereocenters. The summed E-state index contributed by atoms with van der Waals surface area (Å²) in [6.45, 7) is 7.97. The SMILES string of the molecule is CC(=O)CCC(=O)C1(C)CCCC1(C)C. The van der Waals surface area contributed by atoms with Crippen molar-refractivity contribution in [2.45, 2.75) is 59.8 Å². The Labute approximate surface area is 92.4 Å². The largest absolute Gasteiger partial charge is 0.300 e. The maximum Gasteiger partial charge on any atom is 0.139 e. The van der Waals surface area contributed by atoms with Crippen LogP contribution in [0.4, 0.5) is 0 Å². The van der Waals surface area contributed by atoms with E-state index in [0.29, 0.717) is 12.8 Å². The molecule has 0 aliphatic heterocycles. The number of Topliss-reactive ketones (excluding diaryl/α,β-unsaturated/α-hetero) is 2. The first kappa shape index (κ1) is 12.4. The third-order valence-corrected chi connectivity index (χ3v) is 4.29. The molecule has 0 aromatic rings. The molecule has 0 heterocycles. The van der Waals surface area contributed by atoms with E-state index in [2.05, 4.69) is 20.8 Å². The van der Waals surface area contributed by atoms with Gasteiger partial charge in [0.05, 0.1) is 0 Å². The molecule has 1 aliphatic carbocycles. The Morgan fingerprint density at radius 1 is 1.07 bits per heavy atom. The fourth-order valence-corrected chi connectivity index (χ4v) is 2.58. The van der Waals surface area contributed by atoms with E-state index in [0.717, 1.165) is 19.3 Å². The van der Waals surface area contributed by atoms with Crippen molar-refractivity contribution >= 4 is 11.6 Å². The second kappa shape index (κ2) is 4.07. The van der Waals surface area contributed by atoms with Crippen LogP contribution in [0.15, 0.2) is 0 Å². The molecule has 2 nitrogen and oxygen atoms in total. The molecular weight excluding hydrogens is 188 g/mol. The van der Waals surface area contributed by atoms with Gasteiger partial charge in [-0.3, -0.25) is 4.79 Å². The maximum absolute atomic E-state index is 12.1. The quantitative estimate of drug-likeness (QED) is 0.714. The number of carbonyl (C=O) groups excluding carboxylic acids is 2. The summed E-state index contributed by atoms with van der Waals surface area (Å²) in [5.74, 6) is 0.392. The van der Waals surface area contributed by atoms with Gasteiger partial charge in [-0.2, -0.15) is 0 Å². The van der Waals surface area contributed by atoms with E-state index in [1.165, 1.54) is 0 Å². The van der Waals surface area contributed by atoms with Gasteiger partial charge in [0.15, 0.2) is 0 Å². The van der Waals surface area contributed by atoms with Crippen LogP contribution in [0, 0.1) is 10.8 Å². The summed E-state index contributed by atoms with van der Waals surface area (Å²) in [5.41, 5.74) is -0.108. The Balaban J connectivity index is 2.69. The third-order valence-electron chi connectivity index (χ3n) is 4.29. The fraction of sp³-hybridized carbons (Fsp3) is 0.846. The van der Waals surface area contributed by atoms with Crippen molar-refractivity contribution in [3.8, 4) is 0 Å². The molecule has 0 bridgehead atoms. The van der Waals surface area contributed by atoms with E-state index in [1.54, 1.807) is 6.92 Å². The highest BCUT2D eigenvalue weighted by Gasteiger charge is 2.49. The van der Waals surface area contributed by atoms with Gasteiger partial charge in [-0.1, -0.05) is 27.2 Å². The molecule has 2 heteroatoms. The highest BCUT2D eigenvalue weighted by atomic mass is 16.1. The van der Waals surface area contributed by atoms with Gasteiger partial charge in [0.25, 0.3) is 0 Å². The molecule has 1 atom stereocenters. The molecule has 1 aliphatic rings. The topological polar surface area (TPSA) is 34.1 Å². The normalized spacial score (nSPS) is 29.1. The zero-order valence-electron chi connectivity index (χ0n) is 10.4. The van der Waals surface area contributed by atoms with Crippen LogP contribution in [-0.4, -0.2) is 11.6 Å². The lowest BCUT2D eigenvalue weighted by Gasteiger charge is -2.37. The Morgan fingerprint density at radius 2 is 1.67 bits per heavy atom. The molecule has 0 aromatic heterocycles. The monoisotopic (exact) mass is 210 g/mol. The van der Waals surface area contributed by atoms with Crippen molar-refractivity contribution in [1.82, 2.24) is 0 Å². The van der Waals surface area contributed by atoms with Gasteiger partial charge in [0, 0.05) is 18.3 Å². The van der Waals surface area contributed by atoms with E-state index in [1.807, 2.05) is 0 Å². The first-order valence-electron chi connectivity index (χ1n) is 5.82. The van der Waals surface area contributed by atoms with Crippen LogP contribution >= 0.6 is 0 Å². The number of hydrogen-bond acceptors (Lipinski definition) is 2. The van der Waals surface area contributed by atoms with Crippen molar-refractivity contribution < 1.29 is 9.59 Å². The standard InChI is InChI=1S/C13H22O2/c1-10(14)6-7-11(15)13(4)9-5-8-12(13,2)3/h5-9H2,1-4H3. The smallest absolute Gasteiger partial charge is 0.139 e. The lowest BCUT2D eigenvalue weighted by molar-refractivity contribution is -0.134. The van der Waals surface area contributed by atoms with E-state index < -0.39 is 0 Å². The van der Waals surface area contributed by atoms with Crippen molar-refractivity contribution in [3.05, 3.63) is 0 Å². The number of ketones is 2. The Bertz CT molecular complexity index is 278. The zero-order chi connectivity index (χ0) is 11.7. The molecule has 0 aromatic carbocycles. The van der Waals surface area contributed by atoms with Crippen LogP contribution in [0.25, 0.3) is 0 Å². The second-order valence-corrected chi connectivity index (χ2v) is 5.69. The minimum atomic E-state index is -0.206. The van der Waals surface area contributed by atoms with Gasteiger partial charge in [-0.15, -0.1) is 0 Å². The van der Waals surface area contributed by atoms with Gasteiger partial charge in [0.1, 0.15) is 11.6 Å². The van der Waals surface area contributed by atoms with E-state index in [4.69, 9.17) is 0 Å². The predicted molar refractivity (Wildman–Crippen MR) is 60.7 cm³/mol. The lowest BCUT2D eigenvalue weighted by Crippen LogP contribution is -2.37. The molecule has 15 heavy (non-hydrogen) atoms. The maximum atomic E-state index is 12.1. The predicted octanol–water partition coefficient (Wildman–Crippen LogP) is 3.14. The minimum Gasteiger partial charge on any atom is -0.300 e. The van der Waals surface area contributed by atoms with Gasteiger partial charge in [-0.05, 0) is 25.2 Å². The summed E-state index contributed by atoms with van der Waals surface area (Å²) in [4.78, 5) is 23.0. The first-order chi connectivity index (χ1) is 6.79. The average molecular weight is 210 g/mol. The van der Waals surface area contributed by atoms with Crippen LogP contribution in [0.1, 0.15) is 59.8 Å². The Hall–Kier alpha value is -0.660. The molecule has 1 saturated carbocycles. The number of hydrogen-bond donors (Lipinski definition) is 0. The Morgan fingerprint density at radius 3 is 2.07 bits per heavy atom. The van der Waals surface area contributed by atoms with Crippen LogP contribution < -0.4 is 0 Å². The second-order valence-electron chi connectivity index (χ2n) is 5.69. The first-order valence-corrected chi connectivity index (χ1v) is 5.82. The molecule has 0 N–H and O–H groups in total. The van der Waals surface area contributed by atoms with Crippen LogP contribution in [0.5, 0.6) is 0 Å². The third kappa shape index (κ3) is 2.30. The van der Waals surface area contributed by atoms with Gasteiger partial charge < -0.3 is 4.79 Å². The molecule has 0 saturated heterocycles. The summed E-state index contributed by atoms with van der Waals surface area (Å²) in [7, 11) is 0. The summed E-state index contributed by atoms with van der Waals surface area (Å²) in [6, 6.07) is 0. The summed E-state index contributed by atoms with van der Waals surface area (Å²) >= 11 is 0. The van der Waals surface area contributed by atoms with E-state index >= 15 is 0 Å². The highest BCUT2D eigenvalue weighted by molar-refractivity contribution is 5.89. The Kier molecular flexibility index (Phi) is 3.37.